The Labute approximate surface area is 238 Å². The van der Waals surface area contributed by atoms with Crippen molar-refractivity contribution >= 4 is 39.3 Å². The number of carbonyl (C=O) groups excluding carboxylic acids is 1. The second-order valence-corrected chi connectivity index (χ2v) is 10.1. The molecule has 1 aromatic heterocycles. The summed E-state index contributed by atoms with van der Waals surface area (Å²) in [4.78, 5) is 31.6. The number of halogens is 1. The highest BCUT2D eigenvalue weighted by atomic mass is 79.9. The SMILES string of the molecule is CCOc1ccc([C@H]2C(C(=O)OC)=CN=c3s/c(=C/c4cc(Br)cc(OC)c4OCC)c(=O)n32)cc1OCC. The van der Waals surface area contributed by atoms with Crippen LogP contribution < -0.4 is 33.8 Å². The molecule has 0 bridgehead atoms. The first-order chi connectivity index (χ1) is 18.9. The molecule has 0 N–H and O–H groups in total. The lowest BCUT2D eigenvalue weighted by Crippen LogP contribution is -2.39. The van der Waals surface area contributed by atoms with Crippen molar-refractivity contribution in [3.8, 4) is 23.0 Å². The van der Waals surface area contributed by atoms with Crippen LogP contribution in [-0.4, -0.2) is 44.6 Å². The molecule has 1 aliphatic heterocycles. The van der Waals surface area contributed by atoms with Crippen molar-refractivity contribution in [2.75, 3.05) is 34.0 Å². The Morgan fingerprint density at radius 3 is 2.41 bits per heavy atom. The Morgan fingerprint density at radius 1 is 1.03 bits per heavy atom. The maximum Gasteiger partial charge on any atom is 0.337 e. The summed E-state index contributed by atoms with van der Waals surface area (Å²) in [5.41, 5.74) is 1.23. The van der Waals surface area contributed by atoms with E-state index in [4.69, 9.17) is 23.7 Å². The summed E-state index contributed by atoms with van der Waals surface area (Å²) in [5.74, 6) is 1.57. The lowest BCUT2D eigenvalue weighted by molar-refractivity contribution is -0.136. The predicted octanol–water partition coefficient (Wildman–Crippen LogP) is 3.99. The van der Waals surface area contributed by atoms with Crippen molar-refractivity contribution in [3.63, 3.8) is 0 Å². The summed E-state index contributed by atoms with van der Waals surface area (Å²) in [6, 6.07) is 8.23. The molecule has 2 aromatic carbocycles. The van der Waals surface area contributed by atoms with Gasteiger partial charge in [-0.25, -0.2) is 9.79 Å². The van der Waals surface area contributed by atoms with Crippen LogP contribution in [0.4, 0.5) is 0 Å². The highest BCUT2D eigenvalue weighted by Gasteiger charge is 2.31. The van der Waals surface area contributed by atoms with Crippen LogP contribution in [0.5, 0.6) is 23.0 Å². The van der Waals surface area contributed by atoms with Crippen molar-refractivity contribution in [3.05, 3.63) is 77.4 Å². The first-order valence-corrected chi connectivity index (χ1v) is 14.0. The zero-order valence-electron chi connectivity index (χ0n) is 22.3. The molecule has 0 saturated carbocycles. The summed E-state index contributed by atoms with van der Waals surface area (Å²) in [7, 11) is 2.86. The molecule has 39 heavy (non-hydrogen) atoms. The first-order valence-electron chi connectivity index (χ1n) is 12.4. The van der Waals surface area contributed by atoms with Crippen LogP contribution in [0.2, 0.25) is 0 Å². The normalized spacial score (nSPS) is 14.7. The fraction of sp³-hybridized carbons (Fsp3) is 0.321. The molecule has 0 amide bonds. The predicted molar refractivity (Wildman–Crippen MR) is 152 cm³/mol. The number of methoxy groups -OCH3 is 2. The maximum atomic E-state index is 13.9. The van der Waals surface area contributed by atoms with Gasteiger partial charge in [-0.15, -0.1) is 0 Å². The zero-order valence-corrected chi connectivity index (χ0v) is 24.7. The van der Waals surface area contributed by atoms with Gasteiger partial charge in [0.2, 0.25) is 0 Å². The van der Waals surface area contributed by atoms with E-state index in [-0.39, 0.29) is 11.1 Å². The smallest absolute Gasteiger partial charge is 0.337 e. The summed E-state index contributed by atoms with van der Waals surface area (Å²) in [5, 5.41) is 0. The average molecular weight is 618 g/mol. The molecule has 206 valence electrons. The Morgan fingerprint density at radius 2 is 1.74 bits per heavy atom. The number of hydrogen-bond acceptors (Lipinski definition) is 9. The van der Waals surface area contributed by atoms with Crippen molar-refractivity contribution < 1.29 is 28.5 Å². The Hall–Kier alpha value is -3.57. The number of esters is 1. The minimum atomic E-state index is -0.783. The maximum absolute atomic E-state index is 13.9. The molecule has 0 saturated heterocycles. The second kappa shape index (κ2) is 12.5. The van der Waals surface area contributed by atoms with Crippen LogP contribution in [0.25, 0.3) is 6.08 Å². The zero-order chi connectivity index (χ0) is 28.1. The molecular weight excluding hydrogens is 588 g/mol. The summed E-state index contributed by atoms with van der Waals surface area (Å²) in [6.45, 7) is 6.94. The third kappa shape index (κ3) is 5.74. The molecule has 0 spiro atoms. The number of nitrogens with zero attached hydrogens (tertiary/aromatic N) is 2. The van der Waals surface area contributed by atoms with Gasteiger partial charge in [-0.1, -0.05) is 33.3 Å². The highest BCUT2D eigenvalue weighted by Crippen LogP contribution is 2.36. The molecule has 0 aliphatic carbocycles. The van der Waals surface area contributed by atoms with Gasteiger partial charge in [-0.2, -0.15) is 0 Å². The molecule has 9 nitrogen and oxygen atoms in total. The van der Waals surface area contributed by atoms with E-state index in [0.29, 0.717) is 63.3 Å². The van der Waals surface area contributed by atoms with Gasteiger partial charge in [0.15, 0.2) is 27.8 Å². The van der Waals surface area contributed by atoms with Crippen LogP contribution >= 0.6 is 27.3 Å². The van der Waals surface area contributed by atoms with Gasteiger partial charge in [-0.3, -0.25) is 9.36 Å². The van der Waals surface area contributed by atoms with Gasteiger partial charge >= 0.3 is 5.97 Å². The first kappa shape index (κ1) is 28.4. The number of hydrogen-bond donors (Lipinski definition) is 0. The fourth-order valence-corrected chi connectivity index (χ4v) is 5.69. The van der Waals surface area contributed by atoms with E-state index in [1.165, 1.54) is 29.2 Å². The molecule has 0 unspecified atom stereocenters. The summed E-state index contributed by atoms with van der Waals surface area (Å²) >= 11 is 4.71. The number of thiazole rings is 1. The second-order valence-electron chi connectivity index (χ2n) is 8.21. The van der Waals surface area contributed by atoms with E-state index >= 15 is 0 Å². The largest absolute Gasteiger partial charge is 0.493 e. The van der Waals surface area contributed by atoms with Gasteiger partial charge in [0, 0.05) is 16.2 Å². The van der Waals surface area contributed by atoms with Crippen LogP contribution in [-0.2, 0) is 9.53 Å². The molecule has 11 heteroatoms. The van der Waals surface area contributed by atoms with Gasteiger partial charge in [0.1, 0.15) is 0 Å². The van der Waals surface area contributed by atoms with E-state index in [1.807, 2.05) is 32.9 Å². The lowest BCUT2D eigenvalue weighted by Gasteiger charge is -2.23. The standard InChI is InChI=1S/C28H29BrN2O7S/c1-6-36-20-10-9-16(12-21(20)37-7-2)24-19(27(33)35-5)15-30-28-31(24)26(32)23(39-28)13-17-11-18(29)14-22(34-4)25(17)38-8-3/h9-15,24H,6-8H2,1-5H3/b23-13+/t24-/m0/s1. The van der Waals surface area contributed by atoms with Crippen molar-refractivity contribution in [1.82, 2.24) is 4.57 Å². The quantitative estimate of drug-likeness (QED) is 0.318. The number of rotatable bonds is 10. The van der Waals surface area contributed by atoms with E-state index < -0.39 is 12.0 Å². The number of ether oxygens (including phenoxy) is 5. The summed E-state index contributed by atoms with van der Waals surface area (Å²) in [6.07, 6.45) is 3.20. The Kier molecular flexibility index (Phi) is 9.13. The number of benzene rings is 2. The Bertz CT molecular complexity index is 1590. The van der Waals surface area contributed by atoms with Crippen molar-refractivity contribution in [2.24, 2.45) is 4.99 Å². The third-order valence-electron chi connectivity index (χ3n) is 5.85. The van der Waals surface area contributed by atoms with Crippen molar-refractivity contribution in [1.29, 1.82) is 0 Å². The molecule has 3 aromatic rings. The minimum Gasteiger partial charge on any atom is -0.493 e. The van der Waals surface area contributed by atoms with E-state index in [9.17, 15) is 9.59 Å². The monoisotopic (exact) mass is 616 g/mol. The number of fused-ring (bicyclic) bond motifs is 1. The average Bonchev–Trinajstić information content (AvgIpc) is 3.25. The van der Waals surface area contributed by atoms with E-state index in [2.05, 4.69) is 20.9 Å². The van der Waals surface area contributed by atoms with Crippen molar-refractivity contribution in [2.45, 2.75) is 26.8 Å². The highest BCUT2D eigenvalue weighted by molar-refractivity contribution is 9.10. The van der Waals surface area contributed by atoms with Crippen LogP contribution in [0.3, 0.4) is 0 Å². The fourth-order valence-electron chi connectivity index (χ4n) is 4.27. The van der Waals surface area contributed by atoms with E-state index in [1.54, 1.807) is 31.4 Å². The molecular formula is C28H29BrN2O7S. The van der Waals surface area contributed by atoms with E-state index in [0.717, 1.165) is 4.47 Å². The van der Waals surface area contributed by atoms with Gasteiger partial charge in [-0.05, 0) is 56.7 Å². The third-order valence-corrected chi connectivity index (χ3v) is 7.31. The summed E-state index contributed by atoms with van der Waals surface area (Å²) < 4.78 is 30.6. The van der Waals surface area contributed by atoms with Crippen LogP contribution in [0.1, 0.15) is 37.9 Å². The van der Waals surface area contributed by atoms with Gasteiger partial charge in [0.25, 0.3) is 5.56 Å². The van der Waals surface area contributed by atoms with Gasteiger partial charge < -0.3 is 23.7 Å². The Balaban J connectivity index is 1.94. The molecule has 0 fully saturated rings. The topological polar surface area (TPSA) is 97.6 Å². The minimum absolute atomic E-state index is 0.224. The molecule has 4 rings (SSSR count). The number of carbonyl (C=O) groups is 1. The van der Waals surface area contributed by atoms with Crippen LogP contribution in [0, 0.1) is 0 Å². The number of aromatic nitrogens is 1. The lowest BCUT2D eigenvalue weighted by atomic mass is 9.97. The molecule has 1 aliphatic rings. The van der Waals surface area contributed by atoms with Gasteiger partial charge in [0.05, 0.1) is 50.2 Å². The molecule has 2 heterocycles. The molecule has 0 radical (unpaired) electrons. The van der Waals surface area contributed by atoms with Crippen LogP contribution in [0.15, 0.2) is 56.4 Å². The molecule has 1 atom stereocenters.